The first-order valence-corrected chi connectivity index (χ1v) is 6.70. The van der Waals surface area contributed by atoms with Gasteiger partial charge in [-0.3, -0.25) is 0 Å². The average Bonchev–Trinajstić information content (AvgIpc) is 2.63. The zero-order chi connectivity index (χ0) is 13.3. The predicted molar refractivity (Wildman–Crippen MR) is 74.4 cm³/mol. The molecule has 2 heterocycles. The second-order valence-electron chi connectivity index (χ2n) is 5.52. The van der Waals surface area contributed by atoms with Crippen LogP contribution in [0.4, 0.5) is 11.5 Å². The van der Waals surface area contributed by atoms with Crippen LogP contribution in [-0.2, 0) is 6.54 Å². The lowest BCUT2D eigenvalue weighted by Crippen LogP contribution is -2.40. The maximum Gasteiger partial charge on any atom is 0.133 e. The van der Waals surface area contributed by atoms with Crippen molar-refractivity contribution in [3.8, 4) is 6.07 Å². The highest BCUT2D eigenvalue weighted by molar-refractivity contribution is 5.68. The van der Waals surface area contributed by atoms with Gasteiger partial charge >= 0.3 is 0 Å². The van der Waals surface area contributed by atoms with Gasteiger partial charge in [0.25, 0.3) is 0 Å². The van der Waals surface area contributed by atoms with E-state index in [1.54, 1.807) is 6.07 Å². The lowest BCUT2D eigenvalue weighted by Gasteiger charge is -2.37. The van der Waals surface area contributed by atoms with Crippen LogP contribution in [0.1, 0.15) is 32.9 Å². The van der Waals surface area contributed by atoms with Gasteiger partial charge in [0, 0.05) is 19.6 Å². The normalized spacial score (nSPS) is 24.0. The van der Waals surface area contributed by atoms with Crippen LogP contribution < -0.4 is 10.6 Å². The van der Waals surface area contributed by atoms with E-state index >= 15 is 0 Å². The van der Waals surface area contributed by atoms with Crippen molar-refractivity contribution in [3.05, 3.63) is 11.8 Å². The van der Waals surface area contributed by atoms with Crippen molar-refractivity contribution in [1.29, 1.82) is 5.26 Å². The van der Waals surface area contributed by atoms with E-state index < -0.39 is 0 Å². The molecule has 4 heteroatoms. The number of rotatable bonds is 2. The summed E-state index contributed by atoms with van der Waals surface area (Å²) >= 11 is 0. The second-order valence-corrected chi connectivity index (χ2v) is 5.52. The number of nitrogen functional groups attached to an aromatic ring is 1. The van der Waals surface area contributed by atoms with E-state index in [4.69, 9.17) is 11.0 Å². The smallest absolute Gasteiger partial charge is 0.133 e. The molecular formula is C14H22N4. The first-order valence-electron chi connectivity index (χ1n) is 6.70. The summed E-state index contributed by atoms with van der Waals surface area (Å²) in [5, 5.41) is 9.14. The van der Waals surface area contributed by atoms with Gasteiger partial charge in [0.15, 0.2) is 0 Å². The number of hydrogen-bond donors (Lipinski definition) is 1. The van der Waals surface area contributed by atoms with Crippen LogP contribution >= 0.6 is 0 Å². The van der Waals surface area contributed by atoms with Crippen LogP contribution in [0.25, 0.3) is 0 Å². The number of aromatic nitrogens is 1. The molecule has 0 bridgehead atoms. The molecule has 1 aliphatic rings. The molecule has 2 rings (SSSR count). The Kier molecular flexibility index (Phi) is 3.51. The van der Waals surface area contributed by atoms with Gasteiger partial charge in [0.05, 0.1) is 5.69 Å². The average molecular weight is 246 g/mol. The molecule has 1 aliphatic heterocycles. The Hall–Kier alpha value is -1.63. The van der Waals surface area contributed by atoms with Crippen molar-refractivity contribution in [2.24, 2.45) is 11.8 Å². The highest BCUT2D eigenvalue weighted by Gasteiger charge is 2.26. The van der Waals surface area contributed by atoms with E-state index in [2.05, 4.69) is 31.7 Å². The Bertz CT molecular complexity index is 459. The second kappa shape index (κ2) is 4.93. The summed E-state index contributed by atoms with van der Waals surface area (Å²) in [6.45, 7) is 9.47. The monoisotopic (exact) mass is 246 g/mol. The van der Waals surface area contributed by atoms with Crippen molar-refractivity contribution in [1.82, 2.24) is 4.57 Å². The zero-order valence-electron chi connectivity index (χ0n) is 11.5. The SMILES string of the molecule is CCn1c(C#N)cc(N)c1N1C[C@H](C)C[C@@H](C)C1. The standard InChI is InChI=1S/C14H22N4/c1-4-18-12(7-15)6-13(16)14(18)17-8-10(2)5-11(3)9-17/h6,10-11H,4-5,8-9,16H2,1-3H3/t10-,11-/m1/s1. The van der Waals surface area contributed by atoms with Crippen LogP contribution in [0.2, 0.25) is 0 Å². The molecule has 0 spiro atoms. The molecule has 98 valence electrons. The topological polar surface area (TPSA) is 58.0 Å². The zero-order valence-corrected chi connectivity index (χ0v) is 11.5. The van der Waals surface area contributed by atoms with Gasteiger partial charge in [-0.15, -0.1) is 0 Å². The van der Waals surface area contributed by atoms with Gasteiger partial charge < -0.3 is 15.2 Å². The maximum atomic E-state index is 9.14. The third-order valence-corrected chi connectivity index (χ3v) is 3.70. The van der Waals surface area contributed by atoms with Crippen molar-refractivity contribution in [2.75, 3.05) is 23.7 Å². The lowest BCUT2D eigenvalue weighted by molar-refractivity contribution is 0.353. The predicted octanol–water partition coefficient (Wildman–Crippen LogP) is 2.44. The Balaban J connectivity index is 2.38. The number of piperidine rings is 1. The summed E-state index contributed by atoms with van der Waals surface area (Å²) in [7, 11) is 0. The van der Waals surface area contributed by atoms with Gasteiger partial charge in [-0.2, -0.15) is 5.26 Å². The molecular weight excluding hydrogens is 224 g/mol. The van der Waals surface area contributed by atoms with Crippen LogP contribution in [0.5, 0.6) is 0 Å². The quantitative estimate of drug-likeness (QED) is 0.872. The Morgan fingerprint density at radius 3 is 2.50 bits per heavy atom. The van der Waals surface area contributed by atoms with E-state index in [-0.39, 0.29) is 0 Å². The fraction of sp³-hybridized carbons (Fsp3) is 0.643. The number of hydrogen-bond acceptors (Lipinski definition) is 3. The van der Waals surface area contributed by atoms with Crippen LogP contribution in [0, 0.1) is 23.2 Å². The molecule has 4 nitrogen and oxygen atoms in total. The van der Waals surface area contributed by atoms with E-state index in [0.717, 1.165) is 31.1 Å². The summed E-state index contributed by atoms with van der Waals surface area (Å²) < 4.78 is 2.03. The minimum atomic E-state index is 0.663. The molecule has 1 fully saturated rings. The summed E-state index contributed by atoms with van der Waals surface area (Å²) in [6.07, 6.45) is 1.27. The summed E-state index contributed by atoms with van der Waals surface area (Å²) in [6, 6.07) is 4.02. The third kappa shape index (κ3) is 2.17. The molecule has 0 unspecified atom stereocenters. The molecule has 0 saturated carbocycles. The van der Waals surface area contributed by atoms with Crippen LogP contribution in [-0.4, -0.2) is 17.7 Å². The molecule has 0 aliphatic carbocycles. The minimum absolute atomic E-state index is 0.663. The molecule has 0 radical (unpaired) electrons. The van der Waals surface area contributed by atoms with Gasteiger partial charge in [0.1, 0.15) is 17.6 Å². The molecule has 2 atom stereocenters. The van der Waals surface area contributed by atoms with E-state index in [9.17, 15) is 0 Å². The highest BCUT2D eigenvalue weighted by atomic mass is 15.3. The number of nitriles is 1. The van der Waals surface area contributed by atoms with Crippen LogP contribution in [0.15, 0.2) is 6.07 Å². The van der Waals surface area contributed by atoms with Gasteiger partial charge in [-0.25, -0.2) is 0 Å². The fourth-order valence-corrected chi connectivity index (χ4v) is 3.16. The first-order chi connectivity index (χ1) is 8.56. The molecule has 0 aromatic carbocycles. The molecule has 1 aromatic heterocycles. The summed E-state index contributed by atoms with van der Waals surface area (Å²) in [5.41, 5.74) is 7.50. The molecule has 18 heavy (non-hydrogen) atoms. The van der Waals surface area contributed by atoms with E-state index in [1.165, 1.54) is 6.42 Å². The van der Waals surface area contributed by atoms with E-state index in [0.29, 0.717) is 17.5 Å². The van der Waals surface area contributed by atoms with Gasteiger partial charge in [-0.05, 0) is 31.2 Å². The van der Waals surface area contributed by atoms with Crippen molar-refractivity contribution >= 4 is 11.5 Å². The molecule has 1 saturated heterocycles. The Morgan fingerprint density at radius 2 is 2.00 bits per heavy atom. The largest absolute Gasteiger partial charge is 0.396 e. The number of nitrogens with two attached hydrogens (primary N) is 1. The van der Waals surface area contributed by atoms with Crippen molar-refractivity contribution in [2.45, 2.75) is 33.7 Å². The van der Waals surface area contributed by atoms with E-state index in [1.807, 2.05) is 4.57 Å². The Morgan fingerprint density at radius 1 is 1.39 bits per heavy atom. The third-order valence-electron chi connectivity index (χ3n) is 3.70. The lowest BCUT2D eigenvalue weighted by atomic mass is 9.92. The first kappa shape index (κ1) is 12.8. The van der Waals surface area contributed by atoms with Crippen LogP contribution in [0.3, 0.4) is 0 Å². The minimum Gasteiger partial charge on any atom is -0.396 e. The summed E-state index contributed by atoms with van der Waals surface area (Å²) in [5.74, 6) is 2.39. The molecule has 2 N–H and O–H groups in total. The highest BCUT2D eigenvalue weighted by Crippen LogP contribution is 2.32. The molecule has 0 amide bonds. The molecule has 1 aromatic rings. The maximum absolute atomic E-state index is 9.14. The van der Waals surface area contributed by atoms with Crippen molar-refractivity contribution < 1.29 is 0 Å². The summed E-state index contributed by atoms with van der Waals surface area (Å²) in [4.78, 5) is 2.35. The van der Waals surface area contributed by atoms with Gasteiger partial charge in [-0.1, -0.05) is 13.8 Å². The number of anilines is 2. The number of nitrogens with zero attached hydrogens (tertiary/aromatic N) is 3. The van der Waals surface area contributed by atoms with Crippen molar-refractivity contribution in [3.63, 3.8) is 0 Å². The fourth-order valence-electron chi connectivity index (χ4n) is 3.16. The van der Waals surface area contributed by atoms with Gasteiger partial charge in [0.2, 0.25) is 0 Å². The Labute approximate surface area is 109 Å².